The van der Waals surface area contributed by atoms with Crippen LogP contribution in [0.25, 0.3) is 0 Å². The molecule has 0 bridgehead atoms. The van der Waals surface area contributed by atoms with Gasteiger partial charge in [0.15, 0.2) is 0 Å². The van der Waals surface area contributed by atoms with Crippen molar-refractivity contribution in [3.63, 3.8) is 0 Å². The zero-order valence-corrected chi connectivity index (χ0v) is 13.7. The summed E-state index contributed by atoms with van der Waals surface area (Å²) >= 11 is 3.49. The predicted molar refractivity (Wildman–Crippen MR) is 83.8 cm³/mol. The van der Waals surface area contributed by atoms with Gasteiger partial charge in [-0.15, -0.1) is 0 Å². The third-order valence-corrected chi connectivity index (χ3v) is 4.89. The fraction of sp³-hybridized carbons (Fsp3) is 0.562. The Morgan fingerprint density at radius 3 is 2.90 bits per heavy atom. The summed E-state index contributed by atoms with van der Waals surface area (Å²) in [6.45, 7) is 5.03. The van der Waals surface area contributed by atoms with E-state index in [0.29, 0.717) is 0 Å². The van der Waals surface area contributed by atoms with Gasteiger partial charge in [0.25, 0.3) is 0 Å². The third-order valence-electron chi connectivity index (χ3n) is 4.40. The van der Waals surface area contributed by atoms with E-state index in [1.54, 1.807) is 0 Å². The number of likely N-dealkylation sites (tertiary alicyclic amines) is 1. The van der Waals surface area contributed by atoms with Gasteiger partial charge in [-0.3, -0.25) is 9.69 Å². The lowest BCUT2D eigenvalue weighted by Gasteiger charge is -2.39. The first-order chi connectivity index (χ1) is 9.51. The number of benzene rings is 1. The van der Waals surface area contributed by atoms with Gasteiger partial charge in [0.1, 0.15) is 5.54 Å². The van der Waals surface area contributed by atoms with Crippen LogP contribution in [0.2, 0.25) is 0 Å². The highest BCUT2D eigenvalue weighted by Gasteiger charge is 2.48. The van der Waals surface area contributed by atoms with E-state index in [1.165, 1.54) is 5.56 Å². The van der Waals surface area contributed by atoms with Crippen LogP contribution in [0.3, 0.4) is 0 Å². The van der Waals surface area contributed by atoms with Gasteiger partial charge in [-0.25, -0.2) is 0 Å². The molecule has 1 N–H and O–H groups in total. The summed E-state index contributed by atoms with van der Waals surface area (Å²) in [5.41, 5.74) is 0.485. The number of hydrogen-bond acceptors (Lipinski definition) is 2. The zero-order valence-electron chi connectivity index (χ0n) is 12.1. The largest absolute Gasteiger partial charge is 0.480 e. The number of carboxylic acids is 1. The Morgan fingerprint density at radius 2 is 2.30 bits per heavy atom. The zero-order chi connectivity index (χ0) is 14.8. The summed E-state index contributed by atoms with van der Waals surface area (Å²) in [6, 6.07) is 8.29. The molecule has 20 heavy (non-hydrogen) atoms. The number of rotatable bonds is 5. The number of halogens is 1. The van der Waals surface area contributed by atoms with Crippen molar-refractivity contribution in [2.75, 3.05) is 6.54 Å². The molecule has 1 saturated heterocycles. The van der Waals surface area contributed by atoms with E-state index in [9.17, 15) is 9.90 Å². The quantitative estimate of drug-likeness (QED) is 0.872. The van der Waals surface area contributed by atoms with Gasteiger partial charge >= 0.3 is 5.97 Å². The lowest BCUT2D eigenvalue weighted by Crippen LogP contribution is -2.51. The topological polar surface area (TPSA) is 40.5 Å². The van der Waals surface area contributed by atoms with E-state index >= 15 is 0 Å². The third kappa shape index (κ3) is 2.77. The Morgan fingerprint density at radius 1 is 1.55 bits per heavy atom. The van der Waals surface area contributed by atoms with E-state index in [0.717, 1.165) is 36.7 Å². The van der Waals surface area contributed by atoms with Gasteiger partial charge in [-0.1, -0.05) is 41.4 Å². The summed E-state index contributed by atoms with van der Waals surface area (Å²) in [5.74, 6) is -0.668. The predicted octanol–water partition coefficient (Wildman–Crippen LogP) is 4.23. The lowest BCUT2D eigenvalue weighted by atomic mass is 9.89. The van der Waals surface area contributed by atoms with Crippen molar-refractivity contribution >= 4 is 21.9 Å². The lowest BCUT2D eigenvalue weighted by molar-refractivity contribution is -0.151. The maximum absolute atomic E-state index is 11.9. The van der Waals surface area contributed by atoms with Gasteiger partial charge in [-0.2, -0.15) is 0 Å². The molecular weight excluding hydrogens is 318 g/mol. The molecule has 0 aromatic heterocycles. The molecule has 0 radical (unpaired) electrons. The molecule has 1 aromatic carbocycles. The Bertz CT molecular complexity index is 491. The van der Waals surface area contributed by atoms with Crippen LogP contribution in [0.5, 0.6) is 0 Å². The molecular formula is C16H22BrNO2. The molecule has 0 spiro atoms. The molecule has 110 valence electrons. The second-order valence-electron chi connectivity index (χ2n) is 5.61. The van der Waals surface area contributed by atoms with Crippen LogP contribution in [0.1, 0.15) is 51.1 Å². The first-order valence-corrected chi connectivity index (χ1v) is 8.06. The second kappa shape index (κ2) is 6.27. The van der Waals surface area contributed by atoms with E-state index in [2.05, 4.69) is 46.8 Å². The normalized spacial score (nSPS) is 24.8. The molecule has 3 nitrogen and oxygen atoms in total. The maximum atomic E-state index is 11.9. The highest BCUT2D eigenvalue weighted by atomic mass is 79.9. The molecule has 2 rings (SSSR count). The van der Waals surface area contributed by atoms with Gasteiger partial charge < -0.3 is 5.11 Å². The molecule has 4 heteroatoms. The van der Waals surface area contributed by atoms with Gasteiger partial charge in [0.2, 0.25) is 0 Å². The van der Waals surface area contributed by atoms with Crippen molar-refractivity contribution in [3.8, 4) is 0 Å². The number of hydrogen-bond donors (Lipinski definition) is 1. The first-order valence-electron chi connectivity index (χ1n) is 7.27. The minimum Gasteiger partial charge on any atom is -0.480 e. The molecule has 0 aliphatic carbocycles. The van der Waals surface area contributed by atoms with Gasteiger partial charge in [0, 0.05) is 10.5 Å². The molecule has 1 aliphatic heterocycles. The smallest absolute Gasteiger partial charge is 0.324 e. The van der Waals surface area contributed by atoms with Crippen molar-refractivity contribution in [1.29, 1.82) is 0 Å². The number of carboxylic acid groups (broad SMARTS) is 1. The van der Waals surface area contributed by atoms with Gasteiger partial charge in [-0.05, 0) is 50.4 Å². The average molecular weight is 340 g/mol. The van der Waals surface area contributed by atoms with Gasteiger partial charge in [0.05, 0.1) is 0 Å². The van der Waals surface area contributed by atoms with Crippen LogP contribution in [-0.4, -0.2) is 28.1 Å². The van der Waals surface area contributed by atoms with E-state index in [4.69, 9.17) is 0 Å². The van der Waals surface area contributed by atoms with Crippen LogP contribution in [-0.2, 0) is 4.79 Å². The van der Waals surface area contributed by atoms with Crippen LogP contribution >= 0.6 is 15.9 Å². The molecule has 2 atom stereocenters. The Hall–Kier alpha value is -0.870. The summed E-state index contributed by atoms with van der Waals surface area (Å²) in [5, 5.41) is 9.76. The van der Waals surface area contributed by atoms with Crippen LogP contribution in [0.15, 0.2) is 28.7 Å². The van der Waals surface area contributed by atoms with Crippen LogP contribution in [0, 0.1) is 0 Å². The summed E-state index contributed by atoms with van der Waals surface area (Å²) in [6.07, 6.45) is 3.34. The van der Waals surface area contributed by atoms with Crippen molar-refractivity contribution in [3.05, 3.63) is 34.3 Å². The van der Waals surface area contributed by atoms with Crippen molar-refractivity contribution < 1.29 is 9.90 Å². The van der Waals surface area contributed by atoms with Crippen LogP contribution < -0.4 is 0 Å². The Balaban J connectivity index is 2.32. The summed E-state index contributed by atoms with van der Waals surface area (Å²) in [4.78, 5) is 14.1. The fourth-order valence-corrected chi connectivity index (χ4v) is 3.85. The highest BCUT2D eigenvalue weighted by Crippen LogP contribution is 2.40. The van der Waals surface area contributed by atoms with E-state index in [-0.39, 0.29) is 6.04 Å². The van der Waals surface area contributed by atoms with Crippen molar-refractivity contribution in [1.82, 2.24) is 4.90 Å². The molecule has 1 aliphatic rings. The standard InChI is InChI=1S/C16H22BrNO2/c1-3-8-16(15(19)20)9-5-10-18(16)12(2)13-6-4-7-14(17)11-13/h4,6-7,11-12H,3,5,8-10H2,1-2H3,(H,19,20). The molecule has 1 heterocycles. The summed E-state index contributed by atoms with van der Waals surface area (Å²) < 4.78 is 1.04. The Labute approximate surface area is 129 Å². The minimum atomic E-state index is -0.684. The second-order valence-corrected chi connectivity index (χ2v) is 6.53. The maximum Gasteiger partial charge on any atom is 0.324 e. The van der Waals surface area contributed by atoms with E-state index in [1.807, 2.05) is 12.1 Å². The number of aliphatic carboxylic acids is 1. The summed E-state index contributed by atoms with van der Waals surface area (Å²) in [7, 11) is 0. The fourth-order valence-electron chi connectivity index (χ4n) is 3.43. The molecule has 1 fully saturated rings. The number of nitrogens with zero attached hydrogens (tertiary/aromatic N) is 1. The SMILES string of the molecule is CCCC1(C(=O)O)CCCN1C(C)c1cccc(Br)c1. The molecule has 0 saturated carbocycles. The molecule has 0 amide bonds. The van der Waals surface area contributed by atoms with Crippen molar-refractivity contribution in [2.24, 2.45) is 0 Å². The molecule has 2 unspecified atom stereocenters. The minimum absolute atomic E-state index is 0.123. The van der Waals surface area contributed by atoms with E-state index < -0.39 is 11.5 Å². The number of carbonyl (C=O) groups is 1. The molecule has 1 aromatic rings. The monoisotopic (exact) mass is 339 g/mol. The average Bonchev–Trinajstić information content (AvgIpc) is 2.83. The van der Waals surface area contributed by atoms with Crippen molar-refractivity contribution in [2.45, 2.75) is 51.1 Å². The first kappa shape index (κ1) is 15.5. The highest BCUT2D eigenvalue weighted by molar-refractivity contribution is 9.10. The van der Waals surface area contributed by atoms with Crippen LogP contribution in [0.4, 0.5) is 0 Å². The Kier molecular flexibility index (Phi) is 4.86.